The van der Waals surface area contributed by atoms with Crippen molar-refractivity contribution in [3.05, 3.63) is 0 Å². The highest BCUT2D eigenvalue weighted by atomic mass is 16.5. The molecule has 1 rings (SSSR count). The van der Waals surface area contributed by atoms with Crippen molar-refractivity contribution in [1.82, 2.24) is 0 Å². The molecule has 0 spiro atoms. The van der Waals surface area contributed by atoms with E-state index in [1.54, 1.807) is 0 Å². The molecule has 3 nitrogen and oxygen atoms in total. The van der Waals surface area contributed by atoms with Crippen molar-refractivity contribution in [3.8, 4) is 0 Å². The molecule has 0 aromatic rings. The summed E-state index contributed by atoms with van der Waals surface area (Å²) in [5.74, 6) is 0. The SMILES string of the molecule is CC(C)(C)C1(OCCOCCO)CC1. The predicted molar refractivity (Wildman–Crippen MR) is 55.3 cm³/mol. The van der Waals surface area contributed by atoms with Crippen LogP contribution in [0.15, 0.2) is 0 Å². The number of aliphatic hydroxyl groups is 1. The Morgan fingerprint density at radius 1 is 1.14 bits per heavy atom. The lowest BCUT2D eigenvalue weighted by atomic mass is 9.86. The van der Waals surface area contributed by atoms with Crippen LogP contribution >= 0.6 is 0 Å². The molecule has 0 aromatic heterocycles. The molecule has 0 aliphatic heterocycles. The molecule has 0 saturated heterocycles. The smallest absolute Gasteiger partial charge is 0.0733 e. The molecule has 0 aromatic carbocycles. The van der Waals surface area contributed by atoms with E-state index in [9.17, 15) is 0 Å². The lowest BCUT2D eigenvalue weighted by Crippen LogP contribution is -2.32. The maximum atomic E-state index is 8.50. The molecule has 3 heteroatoms. The third kappa shape index (κ3) is 2.94. The van der Waals surface area contributed by atoms with E-state index in [-0.39, 0.29) is 17.6 Å². The van der Waals surface area contributed by atoms with Crippen molar-refractivity contribution >= 4 is 0 Å². The van der Waals surface area contributed by atoms with Crippen LogP contribution in [0.4, 0.5) is 0 Å². The molecule has 1 saturated carbocycles. The van der Waals surface area contributed by atoms with Crippen LogP contribution < -0.4 is 0 Å². The molecule has 0 bridgehead atoms. The van der Waals surface area contributed by atoms with E-state index in [1.807, 2.05) is 0 Å². The molecule has 0 atom stereocenters. The Kier molecular flexibility index (Phi) is 3.93. The van der Waals surface area contributed by atoms with E-state index in [1.165, 1.54) is 0 Å². The van der Waals surface area contributed by atoms with Crippen LogP contribution in [0.25, 0.3) is 0 Å². The molecular weight excluding hydrogens is 180 g/mol. The first-order valence-electron chi connectivity index (χ1n) is 5.34. The first-order valence-corrected chi connectivity index (χ1v) is 5.34. The van der Waals surface area contributed by atoms with Gasteiger partial charge in [-0.2, -0.15) is 0 Å². The van der Waals surface area contributed by atoms with Crippen LogP contribution in [0.3, 0.4) is 0 Å². The van der Waals surface area contributed by atoms with Crippen LogP contribution in [-0.2, 0) is 9.47 Å². The third-order valence-electron chi connectivity index (χ3n) is 2.91. The van der Waals surface area contributed by atoms with Gasteiger partial charge in [-0.05, 0) is 18.3 Å². The number of ether oxygens (including phenoxy) is 2. The normalized spacial score (nSPS) is 19.7. The molecular formula is C11H22O3. The molecule has 1 aliphatic carbocycles. The lowest BCUT2D eigenvalue weighted by molar-refractivity contribution is -0.0642. The zero-order valence-electron chi connectivity index (χ0n) is 9.51. The largest absolute Gasteiger partial charge is 0.394 e. The summed E-state index contributed by atoms with van der Waals surface area (Å²) >= 11 is 0. The second-order valence-corrected chi connectivity index (χ2v) is 4.93. The van der Waals surface area contributed by atoms with Gasteiger partial charge in [0, 0.05) is 0 Å². The van der Waals surface area contributed by atoms with Crippen molar-refractivity contribution in [2.45, 2.75) is 39.2 Å². The monoisotopic (exact) mass is 202 g/mol. The first kappa shape index (κ1) is 12.0. The Morgan fingerprint density at radius 2 is 1.79 bits per heavy atom. The van der Waals surface area contributed by atoms with Crippen molar-refractivity contribution < 1.29 is 14.6 Å². The van der Waals surface area contributed by atoms with E-state index in [0.717, 1.165) is 12.8 Å². The van der Waals surface area contributed by atoms with Gasteiger partial charge in [0.25, 0.3) is 0 Å². The Morgan fingerprint density at radius 3 is 2.21 bits per heavy atom. The molecule has 0 amide bonds. The maximum absolute atomic E-state index is 8.50. The van der Waals surface area contributed by atoms with Crippen LogP contribution in [0, 0.1) is 5.41 Å². The predicted octanol–water partition coefficient (Wildman–Crippen LogP) is 1.59. The van der Waals surface area contributed by atoms with Gasteiger partial charge >= 0.3 is 0 Å². The van der Waals surface area contributed by atoms with Crippen LogP contribution in [0.5, 0.6) is 0 Å². The summed E-state index contributed by atoms with van der Waals surface area (Å²) in [5.41, 5.74) is 0.319. The summed E-state index contributed by atoms with van der Waals surface area (Å²) in [7, 11) is 0. The lowest BCUT2D eigenvalue weighted by Gasteiger charge is -2.30. The zero-order chi connectivity index (χ0) is 10.7. The van der Waals surface area contributed by atoms with Gasteiger partial charge in [-0.25, -0.2) is 0 Å². The zero-order valence-corrected chi connectivity index (χ0v) is 9.51. The van der Waals surface area contributed by atoms with Gasteiger partial charge in [0.15, 0.2) is 0 Å². The minimum Gasteiger partial charge on any atom is -0.394 e. The molecule has 1 N–H and O–H groups in total. The van der Waals surface area contributed by atoms with Gasteiger partial charge < -0.3 is 14.6 Å². The van der Waals surface area contributed by atoms with E-state index < -0.39 is 0 Å². The topological polar surface area (TPSA) is 38.7 Å². The molecule has 1 fully saturated rings. The summed E-state index contributed by atoms with van der Waals surface area (Å²) in [5, 5.41) is 8.50. The van der Waals surface area contributed by atoms with E-state index in [0.29, 0.717) is 19.8 Å². The van der Waals surface area contributed by atoms with Gasteiger partial charge in [-0.15, -0.1) is 0 Å². The minimum absolute atomic E-state index is 0.0877. The van der Waals surface area contributed by atoms with E-state index in [4.69, 9.17) is 14.6 Å². The molecule has 1 aliphatic rings. The van der Waals surface area contributed by atoms with Crippen molar-refractivity contribution in [2.24, 2.45) is 5.41 Å². The standard InChI is InChI=1S/C11H22O3/c1-10(2,3)11(4-5-11)14-9-8-13-7-6-12/h12H,4-9H2,1-3H3. The summed E-state index contributed by atoms with van der Waals surface area (Å²) in [6.07, 6.45) is 2.33. The number of rotatable bonds is 6. The molecule has 84 valence electrons. The highest BCUT2D eigenvalue weighted by molar-refractivity contribution is 5.04. The second-order valence-electron chi connectivity index (χ2n) is 4.93. The van der Waals surface area contributed by atoms with E-state index in [2.05, 4.69) is 20.8 Å². The van der Waals surface area contributed by atoms with Gasteiger partial charge in [-0.3, -0.25) is 0 Å². The quantitative estimate of drug-likeness (QED) is 0.665. The van der Waals surface area contributed by atoms with Crippen LogP contribution in [0.2, 0.25) is 0 Å². The average molecular weight is 202 g/mol. The Labute approximate surface area is 86.4 Å². The highest BCUT2D eigenvalue weighted by Crippen LogP contribution is 2.52. The molecule has 0 heterocycles. The summed E-state index contributed by atoms with van der Waals surface area (Å²) in [6.45, 7) is 8.36. The Hall–Kier alpha value is -0.120. The molecule has 0 unspecified atom stereocenters. The average Bonchev–Trinajstić information content (AvgIpc) is 2.84. The Bertz CT molecular complexity index is 168. The summed E-state index contributed by atoms with van der Waals surface area (Å²) < 4.78 is 11.0. The fourth-order valence-corrected chi connectivity index (χ4v) is 1.69. The van der Waals surface area contributed by atoms with Crippen molar-refractivity contribution in [2.75, 3.05) is 26.4 Å². The van der Waals surface area contributed by atoms with E-state index >= 15 is 0 Å². The van der Waals surface area contributed by atoms with Gasteiger partial charge in [0.05, 0.1) is 32.0 Å². The number of aliphatic hydroxyl groups excluding tert-OH is 1. The van der Waals surface area contributed by atoms with Crippen molar-refractivity contribution in [1.29, 1.82) is 0 Å². The fourth-order valence-electron chi connectivity index (χ4n) is 1.69. The maximum Gasteiger partial charge on any atom is 0.0733 e. The summed E-state index contributed by atoms with van der Waals surface area (Å²) in [4.78, 5) is 0. The van der Waals surface area contributed by atoms with Crippen LogP contribution in [0.1, 0.15) is 33.6 Å². The third-order valence-corrected chi connectivity index (χ3v) is 2.91. The molecule has 14 heavy (non-hydrogen) atoms. The molecule has 0 radical (unpaired) electrons. The van der Waals surface area contributed by atoms with Gasteiger partial charge in [0.1, 0.15) is 0 Å². The number of hydrogen-bond acceptors (Lipinski definition) is 3. The fraction of sp³-hybridized carbons (Fsp3) is 1.00. The van der Waals surface area contributed by atoms with Gasteiger partial charge in [-0.1, -0.05) is 20.8 Å². The summed E-state index contributed by atoms with van der Waals surface area (Å²) in [6, 6.07) is 0. The highest BCUT2D eigenvalue weighted by Gasteiger charge is 2.53. The number of hydrogen-bond donors (Lipinski definition) is 1. The second kappa shape index (κ2) is 4.60. The minimum atomic E-state index is 0.0877. The first-order chi connectivity index (χ1) is 6.52. The van der Waals surface area contributed by atoms with Crippen LogP contribution in [-0.4, -0.2) is 37.1 Å². The Balaban J connectivity index is 2.12. The van der Waals surface area contributed by atoms with Gasteiger partial charge in [0.2, 0.25) is 0 Å². The van der Waals surface area contributed by atoms with Crippen molar-refractivity contribution in [3.63, 3.8) is 0 Å².